The van der Waals surface area contributed by atoms with Crippen molar-refractivity contribution < 1.29 is 19.0 Å². The van der Waals surface area contributed by atoms with Crippen LogP contribution in [0.4, 0.5) is 5.69 Å². The van der Waals surface area contributed by atoms with E-state index in [1.165, 1.54) is 51.4 Å². The molecule has 1 atom stereocenters. The van der Waals surface area contributed by atoms with Crippen molar-refractivity contribution in [2.75, 3.05) is 27.9 Å². The molecule has 2 rings (SSSR count). The number of carbonyl (C=O) groups is 1. The lowest BCUT2D eigenvalue weighted by atomic mass is 10.1. The van der Waals surface area contributed by atoms with Crippen LogP contribution in [0.5, 0.6) is 17.2 Å². The molecule has 1 heterocycles. The number of amidine groups is 1. The minimum atomic E-state index is -0.389. The van der Waals surface area contributed by atoms with Crippen LogP contribution >= 0.6 is 0 Å². The Labute approximate surface area is 203 Å². The van der Waals surface area contributed by atoms with E-state index in [1.54, 1.807) is 33.5 Å². The molecule has 0 fully saturated rings. The van der Waals surface area contributed by atoms with Gasteiger partial charge in [0.25, 0.3) is 11.5 Å². The zero-order valence-electron chi connectivity index (χ0n) is 21.3. The number of ether oxygens (including phenoxy) is 3. The highest BCUT2D eigenvalue weighted by Crippen LogP contribution is 2.47. The molecule has 0 aromatic heterocycles. The number of benzene rings is 1. The maximum Gasteiger partial charge on any atom is 0.258 e. The Bertz CT molecular complexity index is 818. The molecule has 0 aliphatic carbocycles. The summed E-state index contributed by atoms with van der Waals surface area (Å²) in [5.74, 6) is 2.00. The lowest BCUT2D eigenvalue weighted by Gasteiger charge is -2.29. The van der Waals surface area contributed by atoms with Crippen molar-refractivity contribution in [2.45, 2.75) is 84.0 Å². The number of quaternary nitrogens is 1. The summed E-state index contributed by atoms with van der Waals surface area (Å²) in [6.07, 6.45) is 12.9. The van der Waals surface area contributed by atoms with E-state index in [-0.39, 0.29) is 16.9 Å². The average Bonchev–Trinajstić information content (AvgIpc) is 3.26. The van der Waals surface area contributed by atoms with Gasteiger partial charge < -0.3 is 19.9 Å². The molecule has 1 aromatic carbocycles. The summed E-state index contributed by atoms with van der Waals surface area (Å²) < 4.78 is 16.9. The quantitative estimate of drug-likeness (QED) is 0.210. The van der Waals surface area contributed by atoms with Gasteiger partial charge in [-0.25, -0.2) is 0 Å². The molecule has 34 heavy (non-hydrogen) atoms. The second-order valence-corrected chi connectivity index (χ2v) is 8.72. The van der Waals surface area contributed by atoms with Gasteiger partial charge in [0.1, 0.15) is 12.3 Å². The summed E-state index contributed by atoms with van der Waals surface area (Å²) in [4.78, 5) is 11.5. The van der Waals surface area contributed by atoms with Crippen molar-refractivity contribution in [3.63, 3.8) is 0 Å². The van der Waals surface area contributed by atoms with E-state index in [9.17, 15) is 4.79 Å². The molecule has 0 bridgehead atoms. The van der Waals surface area contributed by atoms with Gasteiger partial charge >= 0.3 is 0 Å². The SMILES string of the molecule is CCCCCCCCCCCC[N+]1(c2c(OC)cc(OC)cc2OC)N=NN=C1CCC(N)=O. The van der Waals surface area contributed by atoms with Crippen LogP contribution in [0.1, 0.15) is 84.0 Å². The first-order valence-corrected chi connectivity index (χ1v) is 12.5. The van der Waals surface area contributed by atoms with Crippen LogP contribution in [0.2, 0.25) is 0 Å². The predicted octanol–water partition coefficient (Wildman–Crippen LogP) is 5.90. The minimum Gasteiger partial charge on any atom is -0.496 e. The summed E-state index contributed by atoms with van der Waals surface area (Å²) in [6, 6.07) is 3.60. The summed E-state index contributed by atoms with van der Waals surface area (Å²) in [6.45, 7) is 2.88. The summed E-state index contributed by atoms with van der Waals surface area (Å²) >= 11 is 0. The van der Waals surface area contributed by atoms with Gasteiger partial charge in [0.05, 0.1) is 33.0 Å². The highest BCUT2D eigenvalue weighted by Gasteiger charge is 2.47. The topological polar surface area (TPSA) is 108 Å². The van der Waals surface area contributed by atoms with Crippen LogP contribution in [0.3, 0.4) is 0 Å². The lowest BCUT2D eigenvalue weighted by molar-refractivity contribution is -0.117. The second-order valence-electron chi connectivity index (χ2n) is 8.72. The van der Waals surface area contributed by atoms with Crippen LogP contribution in [-0.4, -0.2) is 39.6 Å². The molecule has 1 aliphatic heterocycles. The molecule has 0 saturated carbocycles. The van der Waals surface area contributed by atoms with E-state index in [0.29, 0.717) is 41.7 Å². The fourth-order valence-corrected chi connectivity index (χ4v) is 4.37. The Morgan fingerprint density at radius 1 is 0.882 bits per heavy atom. The molecule has 190 valence electrons. The summed E-state index contributed by atoms with van der Waals surface area (Å²) in [7, 11) is 4.79. The van der Waals surface area contributed by atoms with E-state index < -0.39 is 0 Å². The molecule has 1 aliphatic rings. The van der Waals surface area contributed by atoms with Crippen molar-refractivity contribution in [3.8, 4) is 17.2 Å². The van der Waals surface area contributed by atoms with E-state index in [1.807, 2.05) is 0 Å². The molecule has 0 radical (unpaired) electrons. The Morgan fingerprint density at radius 3 is 1.94 bits per heavy atom. The summed E-state index contributed by atoms with van der Waals surface area (Å²) in [5, 5.41) is 12.9. The Kier molecular flexibility index (Phi) is 11.8. The monoisotopic (exact) mass is 476 g/mol. The zero-order chi connectivity index (χ0) is 24.8. The van der Waals surface area contributed by atoms with E-state index in [2.05, 4.69) is 22.5 Å². The number of nitrogens with two attached hydrogens (primary N) is 1. The van der Waals surface area contributed by atoms with Crippen molar-refractivity contribution in [1.29, 1.82) is 0 Å². The van der Waals surface area contributed by atoms with Crippen LogP contribution < -0.4 is 24.5 Å². The molecule has 1 aromatic rings. The Morgan fingerprint density at radius 2 is 1.44 bits per heavy atom. The van der Waals surface area contributed by atoms with E-state index in [4.69, 9.17) is 19.9 Å². The number of primary amides is 1. The van der Waals surface area contributed by atoms with E-state index in [0.717, 1.165) is 12.8 Å². The van der Waals surface area contributed by atoms with Crippen LogP contribution in [0.15, 0.2) is 27.7 Å². The molecule has 9 heteroatoms. The Balaban J connectivity index is 2.16. The standard InChI is InChI=1S/C25H41N5O4/c1-5-6-7-8-9-10-11-12-13-14-17-30(24(27-28-29-30)16-15-23(26)31)25-21(33-3)18-20(32-2)19-22(25)34-4/h18-19H,5-17H2,1-4H3,(H-,26,31)/p+1. The zero-order valence-corrected chi connectivity index (χ0v) is 21.3. The number of methoxy groups -OCH3 is 3. The highest BCUT2D eigenvalue weighted by molar-refractivity contribution is 5.97. The molecule has 0 saturated heterocycles. The fraction of sp³-hybridized carbons (Fsp3) is 0.680. The van der Waals surface area contributed by atoms with E-state index >= 15 is 0 Å². The normalized spacial score (nSPS) is 17.0. The number of hydrogen-bond acceptors (Lipinski definition) is 7. The van der Waals surface area contributed by atoms with Crippen LogP contribution in [-0.2, 0) is 4.79 Å². The van der Waals surface area contributed by atoms with Crippen LogP contribution in [0, 0.1) is 0 Å². The van der Waals surface area contributed by atoms with Gasteiger partial charge in [-0.2, -0.15) is 0 Å². The number of rotatable bonds is 18. The van der Waals surface area contributed by atoms with Crippen molar-refractivity contribution in [2.24, 2.45) is 21.3 Å². The fourth-order valence-electron chi connectivity index (χ4n) is 4.37. The van der Waals surface area contributed by atoms with Gasteiger partial charge in [0.15, 0.2) is 11.5 Å². The molecular weight excluding hydrogens is 434 g/mol. The molecule has 2 N–H and O–H groups in total. The maximum absolute atomic E-state index is 11.5. The largest absolute Gasteiger partial charge is 0.496 e. The van der Waals surface area contributed by atoms with Gasteiger partial charge in [0.2, 0.25) is 5.91 Å². The third-order valence-corrected chi connectivity index (χ3v) is 6.27. The van der Waals surface area contributed by atoms with Gasteiger partial charge in [-0.15, -0.1) is 0 Å². The molecule has 1 unspecified atom stereocenters. The molecule has 1 amide bonds. The van der Waals surface area contributed by atoms with Crippen molar-refractivity contribution >= 4 is 17.4 Å². The average molecular weight is 477 g/mol. The lowest BCUT2D eigenvalue weighted by Crippen LogP contribution is -2.49. The third kappa shape index (κ3) is 7.41. The number of hydrogen-bond donors (Lipinski definition) is 1. The number of nitrogens with zero attached hydrogens (tertiary/aromatic N) is 4. The third-order valence-electron chi connectivity index (χ3n) is 6.27. The van der Waals surface area contributed by atoms with Gasteiger partial charge in [-0.05, 0) is 12.8 Å². The number of amides is 1. The number of carbonyl (C=O) groups excluding carboxylic acids is 1. The molecule has 0 spiro atoms. The first-order valence-electron chi connectivity index (χ1n) is 12.5. The van der Waals surface area contributed by atoms with Crippen molar-refractivity contribution in [3.05, 3.63) is 12.1 Å². The molecular formula is C25H42N5O4+. The van der Waals surface area contributed by atoms with Gasteiger partial charge in [-0.1, -0.05) is 68.0 Å². The van der Waals surface area contributed by atoms with Gasteiger partial charge in [0, 0.05) is 23.8 Å². The highest BCUT2D eigenvalue weighted by atomic mass is 16.5. The maximum atomic E-state index is 11.5. The van der Waals surface area contributed by atoms with Crippen molar-refractivity contribution in [1.82, 2.24) is 4.59 Å². The van der Waals surface area contributed by atoms with Crippen LogP contribution in [0.25, 0.3) is 0 Å². The smallest absolute Gasteiger partial charge is 0.258 e. The summed E-state index contributed by atoms with van der Waals surface area (Å²) in [5.41, 5.74) is 6.13. The Hall–Kier alpha value is -2.68. The van der Waals surface area contributed by atoms with Gasteiger partial charge in [-0.3, -0.25) is 4.79 Å². The first kappa shape index (κ1) is 27.6. The second kappa shape index (κ2) is 14.6. The molecule has 9 nitrogen and oxygen atoms in total. The first-order chi connectivity index (χ1) is 16.5. The predicted molar refractivity (Wildman–Crippen MR) is 135 cm³/mol. The number of unbranched alkanes of at least 4 members (excludes halogenated alkanes) is 9. The minimum absolute atomic E-state index is 0.0145.